The molecule has 0 fully saturated rings. The number of methoxy groups -OCH3 is 1. The Bertz CT molecular complexity index is 876. The molecule has 9 heteroatoms. The Morgan fingerprint density at radius 3 is 2.65 bits per heavy atom. The van der Waals surface area contributed by atoms with Crippen molar-refractivity contribution in [2.24, 2.45) is 10.1 Å². The first-order valence-electron chi connectivity index (χ1n) is 8.10. The van der Waals surface area contributed by atoms with Gasteiger partial charge in [0.15, 0.2) is 5.96 Å². The molecule has 0 unspecified atom stereocenters. The number of aryl methyl sites for hydroxylation is 1. The molecule has 2 rings (SSSR count). The fraction of sp³-hybridized carbons (Fsp3) is 0.353. The summed E-state index contributed by atoms with van der Waals surface area (Å²) in [7, 11) is -2.01. The Hall–Kier alpha value is -2.10. The Kier molecular flexibility index (Phi) is 7.01. The van der Waals surface area contributed by atoms with Crippen molar-refractivity contribution in [3.8, 4) is 5.75 Å². The summed E-state index contributed by atoms with van der Waals surface area (Å²) >= 11 is 1.14. The summed E-state index contributed by atoms with van der Waals surface area (Å²) in [4.78, 5) is 5.42. The molecule has 142 valence electrons. The minimum atomic E-state index is -3.66. The van der Waals surface area contributed by atoms with Crippen LogP contribution >= 0.6 is 11.3 Å². The minimum absolute atomic E-state index is 0.153. The molecule has 1 aromatic carbocycles. The van der Waals surface area contributed by atoms with Gasteiger partial charge in [0, 0.05) is 17.0 Å². The molecule has 7 nitrogen and oxygen atoms in total. The molecule has 0 bridgehead atoms. The van der Waals surface area contributed by atoms with E-state index in [9.17, 15) is 8.42 Å². The summed E-state index contributed by atoms with van der Waals surface area (Å²) in [5.41, 5.74) is 2.12. The summed E-state index contributed by atoms with van der Waals surface area (Å²) in [6.45, 7) is 5.62. The van der Waals surface area contributed by atoms with Crippen LogP contribution in [0, 0.1) is 6.92 Å². The van der Waals surface area contributed by atoms with Gasteiger partial charge in [0.25, 0.3) is 0 Å². The Labute approximate surface area is 158 Å². The molecule has 0 aliphatic heterocycles. The van der Waals surface area contributed by atoms with E-state index in [1.165, 1.54) is 6.07 Å². The smallest absolute Gasteiger partial charge is 0.247 e. The monoisotopic (exact) mass is 396 g/mol. The molecule has 0 amide bonds. The zero-order valence-electron chi connectivity index (χ0n) is 15.1. The molecule has 1 aromatic heterocycles. The van der Waals surface area contributed by atoms with Crippen LogP contribution < -0.4 is 20.5 Å². The standard InChI is InChI=1S/C17H24N4O3S2/c1-4-19-17(20-10-13-6-5-12(2)9-15(13)24-3)21-11-14-7-8-16(25-14)26(18,22)23/h5-9H,4,10-11H2,1-3H3,(H2,18,22,23)(H2,19,20,21). The van der Waals surface area contributed by atoms with Crippen molar-refractivity contribution in [1.82, 2.24) is 10.6 Å². The Morgan fingerprint density at radius 2 is 2.04 bits per heavy atom. The topological polar surface area (TPSA) is 106 Å². The number of nitrogens with one attached hydrogen (secondary N) is 2. The van der Waals surface area contributed by atoms with E-state index >= 15 is 0 Å². The number of aliphatic imine (C=N–C) groups is 1. The van der Waals surface area contributed by atoms with Gasteiger partial charge in [0.05, 0.1) is 20.2 Å². The van der Waals surface area contributed by atoms with E-state index < -0.39 is 10.0 Å². The average molecular weight is 397 g/mol. The van der Waals surface area contributed by atoms with Crippen LogP contribution in [-0.4, -0.2) is 28.0 Å². The summed E-state index contributed by atoms with van der Waals surface area (Å²) in [5, 5.41) is 11.5. The molecule has 0 radical (unpaired) electrons. The number of nitrogens with zero attached hydrogens (tertiary/aromatic N) is 1. The van der Waals surface area contributed by atoms with E-state index in [0.29, 0.717) is 25.6 Å². The van der Waals surface area contributed by atoms with E-state index in [0.717, 1.165) is 33.1 Å². The van der Waals surface area contributed by atoms with E-state index in [4.69, 9.17) is 9.88 Å². The number of benzene rings is 1. The molecule has 0 saturated carbocycles. The zero-order chi connectivity index (χ0) is 19.2. The maximum atomic E-state index is 11.4. The van der Waals surface area contributed by atoms with E-state index in [1.54, 1.807) is 13.2 Å². The zero-order valence-corrected chi connectivity index (χ0v) is 16.7. The second kappa shape index (κ2) is 9.02. The van der Waals surface area contributed by atoms with Crippen molar-refractivity contribution in [3.05, 3.63) is 46.3 Å². The number of ether oxygens (including phenoxy) is 1. The first-order valence-corrected chi connectivity index (χ1v) is 10.5. The van der Waals surface area contributed by atoms with Crippen molar-refractivity contribution in [2.75, 3.05) is 13.7 Å². The lowest BCUT2D eigenvalue weighted by molar-refractivity contribution is 0.409. The fourth-order valence-electron chi connectivity index (χ4n) is 2.27. The van der Waals surface area contributed by atoms with Crippen LogP contribution in [0.1, 0.15) is 22.9 Å². The first-order chi connectivity index (χ1) is 12.3. The van der Waals surface area contributed by atoms with Gasteiger partial charge >= 0.3 is 0 Å². The summed E-state index contributed by atoms with van der Waals surface area (Å²) < 4.78 is 28.3. The average Bonchev–Trinajstić information content (AvgIpc) is 3.07. The lowest BCUT2D eigenvalue weighted by atomic mass is 10.1. The molecule has 0 spiro atoms. The number of hydrogen-bond acceptors (Lipinski definition) is 5. The third kappa shape index (κ3) is 5.72. The molecule has 1 heterocycles. The molecule has 0 aliphatic carbocycles. The summed E-state index contributed by atoms with van der Waals surface area (Å²) in [6.07, 6.45) is 0. The van der Waals surface area contributed by atoms with Gasteiger partial charge in [-0.15, -0.1) is 11.3 Å². The lowest BCUT2D eigenvalue weighted by Gasteiger charge is -2.12. The third-order valence-corrected chi connectivity index (χ3v) is 6.07. The van der Waals surface area contributed by atoms with Crippen molar-refractivity contribution < 1.29 is 13.2 Å². The van der Waals surface area contributed by atoms with Crippen LogP contribution in [0.15, 0.2) is 39.5 Å². The number of rotatable bonds is 7. The number of nitrogens with two attached hydrogens (primary N) is 1. The van der Waals surface area contributed by atoms with Crippen molar-refractivity contribution in [2.45, 2.75) is 31.1 Å². The van der Waals surface area contributed by atoms with Gasteiger partial charge < -0.3 is 15.4 Å². The Balaban J connectivity index is 2.06. The van der Waals surface area contributed by atoms with Crippen LogP contribution in [0.4, 0.5) is 0 Å². The van der Waals surface area contributed by atoms with Crippen LogP contribution in [-0.2, 0) is 23.1 Å². The SMILES string of the molecule is CCNC(=NCc1ccc(C)cc1OC)NCc1ccc(S(N)(=O)=O)s1. The van der Waals surface area contributed by atoms with E-state index in [-0.39, 0.29) is 4.21 Å². The summed E-state index contributed by atoms with van der Waals surface area (Å²) in [5.74, 6) is 1.45. The van der Waals surface area contributed by atoms with Gasteiger partial charge in [-0.05, 0) is 37.6 Å². The predicted molar refractivity (Wildman–Crippen MR) is 105 cm³/mol. The van der Waals surface area contributed by atoms with Gasteiger partial charge in [-0.25, -0.2) is 18.5 Å². The number of primary sulfonamides is 1. The normalized spacial score (nSPS) is 12.1. The predicted octanol–water partition coefficient (Wildman–Crippen LogP) is 1.97. The molecule has 0 atom stereocenters. The first kappa shape index (κ1) is 20.2. The molecule has 4 N–H and O–H groups in total. The highest BCUT2D eigenvalue weighted by Gasteiger charge is 2.11. The Morgan fingerprint density at radius 1 is 1.27 bits per heavy atom. The summed E-state index contributed by atoms with van der Waals surface area (Å²) in [6, 6.07) is 9.25. The molecular formula is C17H24N4O3S2. The van der Waals surface area contributed by atoms with E-state index in [2.05, 4.69) is 15.6 Å². The van der Waals surface area contributed by atoms with Crippen molar-refractivity contribution in [3.63, 3.8) is 0 Å². The van der Waals surface area contributed by atoms with Gasteiger partial charge in [-0.3, -0.25) is 0 Å². The van der Waals surface area contributed by atoms with Crippen molar-refractivity contribution >= 4 is 27.3 Å². The maximum Gasteiger partial charge on any atom is 0.247 e. The van der Waals surface area contributed by atoms with Gasteiger partial charge in [0.1, 0.15) is 9.96 Å². The number of hydrogen-bond donors (Lipinski definition) is 3. The second-order valence-corrected chi connectivity index (χ2v) is 8.59. The number of guanidine groups is 1. The van der Waals surface area contributed by atoms with Gasteiger partial charge in [-0.1, -0.05) is 12.1 Å². The highest BCUT2D eigenvalue weighted by Crippen LogP contribution is 2.21. The van der Waals surface area contributed by atoms with E-state index in [1.807, 2.05) is 32.0 Å². The highest BCUT2D eigenvalue weighted by molar-refractivity contribution is 7.91. The van der Waals surface area contributed by atoms with Crippen molar-refractivity contribution in [1.29, 1.82) is 0 Å². The third-order valence-electron chi connectivity index (χ3n) is 3.54. The molecule has 26 heavy (non-hydrogen) atoms. The van der Waals surface area contributed by atoms with Gasteiger partial charge in [-0.2, -0.15) is 0 Å². The van der Waals surface area contributed by atoms with Crippen LogP contribution in [0.25, 0.3) is 0 Å². The maximum absolute atomic E-state index is 11.4. The van der Waals surface area contributed by atoms with Crippen LogP contribution in [0.5, 0.6) is 5.75 Å². The molecule has 0 saturated heterocycles. The number of thiophene rings is 1. The number of sulfonamides is 1. The quantitative estimate of drug-likeness (QED) is 0.490. The second-order valence-electron chi connectivity index (χ2n) is 5.63. The molecule has 2 aromatic rings. The lowest BCUT2D eigenvalue weighted by Crippen LogP contribution is -2.36. The van der Waals surface area contributed by atoms with Gasteiger partial charge in [0.2, 0.25) is 10.0 Å². The van der Waals surface area contributed by atoms with Crippen LogP contribution in [0.2, 0.25) is 0 Å². The fourth-order valence-corrected chi connectivity index (χ4v) is 3.98. The van der Waals surface area contributed by atoms with Crippen LogP contribution in [0.3, 0.4) is 0 Å². The molecule has 0 aliphatic rings. The largest absolute Gasteiger partial charge is 0.496 e. The molecular weight excluding hydrogens is 372 g/mol. The minimum Gasteiger partial charge on any atom is -0.496 e. The highest BCUT2D eigenvalue weighted by atomic mass is 32.2.